The minimum Gasteiger partial charge on any atom is -0.464 e. The Labute approximate surface area is 113 Å². The molecule has 0 unspecified atom stereocenters. The van der Waals surface area contributed by atoms with Crippen LogP contribution in [-0.2, 0) is 19.1 Å². The molecule has 2 atom stereocenters. The van der Waals surface area contributed by atoms with Crippen molar-refractivity contribution in [3.05, 3.63) is 0 Å². The number of likely N-dealkylation sites (tertiary alicyclic amines) is 1. The van der Waals surface area contributed by atoms with Crippen LogP contribution in [0.2, 0.25) is 0 Å². The molecular formula is C13H21NO5. The predicted octanol–water partition coefficient (Wildman–Crippen LogP) is 1.52. The summed E-state index contributed by atoms with van der Waals surface area (Å²) in [6, 6.07) is -1.35. The van der Waals surface area contributed by atoms with Crippen molar-refractivity contribution in [2.75, 3.05) is 6.61 Å². The highest BCUT2D eigenvalue weighted by Gasteiger charge is 2.43. The summed E-state index contributed by atoms with van der Waals surface area (Å²) in [5, 5.41) is 0. The Morgan fingerprint density at radius 2 is 1.95 bits per heavy atom. The number of rotatable bonds is 3. The van der Waals surface area contributed by atoms with E-state index in [2.05, 4.69) is 0 Å². The van der Waals surface area contributed by atoms with E-state index in [4.69, 9.17) is 9.47 Å². The molecule has 0 saturated carbocycles. The van der Waals surface area contributed by atoms with Gasteiger partial charge in [0.05, 0.1) is 12.6 Å². The van der Waals surface area contributed by atoms with Crippen molar-refractivity contribution in [1.82, 2.24) is 4.90 Å². The summed E-state index contributed by atoms with van der Waals surface area (Å²) in [7, 11) is 0. The van der Waals surface area contributed by atoms with Crippen molar-refractivity contribution in [3.63, 3.8) is 0 Å². The number of carbonyl (C=O) groups excluding carboxylic acids is 3. The number of aldehydes is 1. The molecule has 0 bridgehead atoms. The van der Waals surface area contributed by atoms with E-state index < -0.39 is 29.7 Å². The summed E-state index contributed by atoms with van der Waals surface area (Å²) >= 11 is 0. The van der Waals surface area contributed by atoms with E-state index >= 15 is 0 Å². The Balaban J connectivity index is 2.85. The number of esters is 1. The minimum absolute atomic E-state index is 0.239. The summed E-state index contributed by atoms with van der Waals surface area (Å²) in [4.78, 5) is 36.1. The lowest BCUT2D eigenvalue weighted by Gasteiger charge is -2.29. The van der Waals surface area contributed by atoms with E-state index in [0.29, 0.717) is 19.1 Å². The van der Waals surface area contributed by atoms with Gasteiger partial charge < -0.3 is 14.3 Å². The number of hydrogen-bond donors (Lipinski definition) is 0. The number of nitrogens with zero attached hydrogens (tertiary/aromatic N) is 1. The van der Waals surface area contributed by atoms with Gasteiger partial charge in [0, 0.05) is 0 Å². The Morgan fingerprint density at radius 1 is 1.32 bits per heavy atom. The zero-order valence-electron chi connectivity index (χ0n) is 11.8. The van der Waals surface area contributed by atoms with Gasteiger partial charge in [-0.1, -0.05) is 0 Å². The smallest absolute Gasteiger partial charge is 0.411 e. The fourth-order valence-corrected chi connectivity index (χ4v) is 2.02. The lowest BCUT2D eigenvalue weighted by Crippen LogP contribution is -2.48. The SMILES string of the molecule is CCOC(=O)[C@@H]1CC[C@@H](C=O)N1C(=O)OC(C)(C)C. The van der Waals surface area contributed by atoms with Crippen molar-refractivity contribution in [2.24, 2.45) is 0 Å². The van der Waals surface area contributed by atoms with Crippen LogP contribution in [0.5, 0.6) is 0 Å². The van der Waals surface area contributed by atoms with E-state index in [1.54, 1.807) is 27.7 Å². The average Bonchev–Trinajstić information content (AvgIpc) is 2.70. The second-order valence-corrected chi connectivity index (χ2v) is 5.44. The maximum atomic E-state index is 12.1. The third-order valence-corrected chi connectivity index (χ3v) is 2.75. The molecule has 0 aliphatic carbocycles. The Hall–Kier alpha value is -1.59. The lowest BCUT2D eigenvalue weighted by molar-refractivity contribution is -0.148. The molecule has 1 amide bonds. The molecule has 0 radical (unpaired) electrons. The first-order valence-corrected chi connectivity index (χ1v) is 6.43. The van der Waals surface area contributed by atoms with Gasteiger partial charge in [-0.15, -0.1) is 0 Å². The quantitative estimate of drug-likeness (QED) is 0.574. The second kappa shape index (κ2) is 6.04. The summed E-state index contributed by atoms with van der Waals surface area (Å²) in [5.41, 5.74) is -0.674. The van der Waals surface area contributed by atoms with Crippen molar-refractivity contribution in [1.29, 1.82) is 0 Å². The highest BCUT2D eigenvalue weighted by Crippen LogP contribution is 2.26. The van der Waals surface area contributed by atoms with Gasteiger partial charge in [0.2, 0.25) is 0 Å². The van der Waals surface area contributed by atoms with Crippen molar-refractivity contribution >= 4 is 18.3 Å². The number of ether oxygens (including phenoxy) is 2. The molecule has 0 N–H and O–H groups in total. The standard InChI is InChI=1S/C13H21NO5/c1-5-18-11(16)10-7-6-9(8-15)14(10)12(17)19-13(2,3)4/h8-10H,5-7H2,1-4H3/t9-,10-/m0/s1. The van der Waals surface area contributed by atoms with E-state index in [0.717, 1.165) is 0 Å². The zero-order valence-corrected chi connectivity index (χ0v) is 11.8. The van der Waals surface area contributed by atoms with Crippen LogP contribution < -0.4 is 0 Å². The number of amides is 1. The Morgan fingerprint density at radius 3 is 2.42 bits per heavy atom. The van der Waals surface area contributed by atoms with Gasteiger partial charge in [0.15, 0.2) is 0 Å². The fraction of sp³-hybridized carbons (Fsp3) is 0.769. The number of carbonyl (C=O) groups is 3. The van der Waals surface area contributed by atoms with Crippen LogP contribution in [0.15, 0.2) is 0 Å². The van der Waals surface area contributed by atoms with Crippen LogP contribution >= 0.6 is 0 Å². The molecule has 6 heteroatoms. The average molecular weight is 271 g/mol. The molecule has 1 aliphatic heterocycles. The maximum absolute atomic E-state index is 12.1. The topological polar surface area (TPSA) is 72.9 Å². The third-order valence-electron chi connectivity index (χ3n) is 2.75. The minimum atomic E-state index is -0.731. The normalized spacial score (nSPS) is 23.1. The van der Waals surface area contributed by atoms with Crippen LogP contribution in [0, 0.1) is 0 Å². The fourth-order valence-electron chi connectivity index (χ4n) is 2.02. The van der Waals surface area contributed by atoms with Crippen molar-refractivity contribution in [3.8, 4) is 0 Å². The second-order valence-electron chi connectivity index (χ2n) is 5.44. The van der Waals surface area contributed by atoms with Crippen molar-refractivity contribution in [2.45, 2.75) is 58.2 Å². The predicted molar refractivity (Wildman–Crippen MR) is 67.6 cm³/mol. The molecule has 108 valence electrons. The summed E-state index contributed by atoms with van der Waals surface area (Å²) < 4.78 is 10.2. The largest absolute Gasteiger partial charge is 0.464 e. The van der Waals surface area contributed by atoms with Crippen molar-refractivity contribution < 1.29 is 23.9 Å². The van der Waals surface area contributed by atoms with E-state index in [1.165, 1.54) is 4.90 Å². The molecule has 1 heterocycles. The van der Waals surface area contributed by atoms with E-state index in [9.17, 15) is 14.4 Å². The van der Waals surface area contributed by atoms with Crippen LogP contribution in [0.4, 0.5) is 4.79 Å². The van der Waals surface area contributed by atoms with Gasteiger partial charge in [-0.3, -0.25) is 4.90 Å². The summed E-state index contributed by atoms with van der Waals surface area (Å²) in [5.74, 6) is -0.488. The lowest BCUT2D eigenvalue weighted by atomic mass is 10.2. The summed E-state index contributed by atoms with van der Waals surface area (Å²) in [6.45, 7) is 7.13. The number of hydrogen-bond acceptors (Lipinski definition) is 5. The van der Waals surface area contributed by atoms with Crippen LogP contribution in [-0.4, -0.2) is 47.5 Å². The zero-order chi connectivity index (χ0) is 14.6. The first-order chi connectivity index (χ1) is 8.80. The molecule has 6 nitrogen and oxygen atoms in total. The van der Waals surface area contributed by atoms with Gasteiger partial charge >= 0.3 is 12.1 Å². The van der Waals surface area contributed by atoms with Crippen LogP contribution in [0.1, 0.15) is 40.5 Å². The van der Waals surface area contributed by atoms with Gasteiger partial charge in [-0.25, -0.2) is 9.59 Å². The Bertz CT molecular complexity index is 361. The molecule has 1 fully saturated rings. The molecule has 19 heavy (non-hydrogen) atoms. The van der Waals surface area contributed by atoms with Gasteiger partial charge in [-0.05, 0) is 40.5 Å². The first-order valence-electron chi connectivity index (χ1n) is 6.43. The van der Waals surface area contributed by atoms with Gasteiger partial charge in [0.1, 0.15) is 17.9 Å². The molecule has 0 aromatic rings. The molecule has 1 rings (SSSR count). The molecule has 0 aromatic carbocycles. The third kappa shape index (κ3) is 3.94. The highest BCUT2D eigenvalue weighted by atomic mass is 16.6. The molecular weight excluding hydrogens is 250 g/mol. The summed E-state index contributed by atoms with van der Waals surface area (Å²) in [6.07, 6.45) is 0.886. The molecule has 1 saturated heterocycles. The van der Waals surface area contributed by atoms with Crippen LogP contribution in [0.3, 0.4) is 0 Å². The highest BCUT2D eigenvalue weighted by molar-refractivity contribution is 5.85. The molecule has 0 spiro atoms. The Kier molecular flexibility index (Phi) is 4.91. The molecule has 1 aliphatic rings. The van der Waals surface area contributed by atoms with Gasteiger partial charge in [-0.2, -0.15) is 0 Å². The van der Waals surface area contributed by atoms with Crippen LogP contribution in [0.25, 0.3) is 0 Å². The van der Waals surface area contributed by atoms with Gasteiger partial charge in [0.25, 0.3) is 0 Å². The monoisotopic (exact) mass is 271 g/mol. The molecule has 0 aromatic heterocycles. The van der Waals surface area contributed by atoms with E-state index in [1.807, 2.05) is 0 Å². The maximum Gasteiger partial charge on any atom is 0.411 e. The van der Waals surface area contributed by atoms with E-state index in [-0.39, 0.29) is 6.61 Å². The first kappa shape index (κ1) is 15.5.